The maximum atomic E-state index is 12.5. The van der Waals surface area contributed by atoms with Crippen molar-refractivity contribution in [1.29, 1.82) is 0 Å². The van der Waals surface area contributed by atoms with E-state index in [2.05, 4.69) is 5.32 Å². The van der Waals surface area contributed by atoms with Crippen LogP contribution in [-0.2, 0) is 19.6 Å². The number of hydrogen-bond acceptors (Lipinski definition) is 5. The number of benzene rings is 1. The fraction of sp³-hybridized carbons (Fsp3) is 0.333. The summed E-state index contributed by atoms with van der Waals surface area (Å²) in [6, 6.07) is 3.01. The zero-order valence-electron chi connectivity index (χ0n) is 11.1. The van der Waals surface area contributed by atoms with E-state index < -0.39 is 21.8 Å². The third-order valence-corrected chi connectivity index (χ3v) is 5.10. The van der Waals surface area contributed by atoms with Gasteiger partial charge in [0.1, 0.15) is 0 Å². The van der Waals surface area contributed by atoms with Crippen molar-refractivity contribution in [3.05, 3.63) is 23.3 Å². The number of nitrogen functional groups attached to an aromatic ring is 1. The summed E-state index contributed by atoms with van der Waals surface area (Å²) in [6.07, 6.45) is 0. The van der Waals surface area contributed by atoms with Crippen LogP contribution in [0.1, 0.15) is 11.1 Å². The molecule has 1 aliphatic heterocycles. The molecule has 1 aromatic rings. The molecule has 1 heterocycles. The van der Waals surface area contributed by atoms with Gasteiger partial charge in [-0.2, -0.15) is 4.31 Å². The van der Waals surface area contributed by atoms with E-state index in [-0.39, 0.29) is 18.0 Å². The molecule has 0 radical (unpaired) electrons. The van der Waals surface area contributed by atoms with E-state index in [9.17, 15) is 18.0 Å². The summed E-state index contributed by atoms with van der Waals surface area (Å²) in [7, 11) is -3.93. The first-order valence-corrected chi connectivity index (χ1v) is 7.35. The number of rotatable bonds is 2. The minimum atomic E-state index is -3.93. The van der Waals surface area contributed by atoms with E-state index >= 15 is 0 Å². The van der Waals surface area contributed by atoms with Crippen LogP contribution in [0.3, 0.4) is 0 Å². The van der Waals surface area contributed by atoms with Crippen LogP contribution in [0.15, 0.2) is 17.0 Å². The van der Waals surface area contributed by atoms with Gasteiger partial charge < -0.3 is 5.73 Å². The van der Waals surface area contributed by atoms with E-state index in [0.717, 1.165) is 9.87 Å². The summed E-state index contributed by atoms with van der Waals surface area (Å²) in [4.78, 5) is 22.7. The third-order valence-electron chi connectivity index (χ3n) is 3.18. The van der Waals surface area contributed by atoms with Gasteiger partial charge in [0, 0.05) is 5.69 Å². The van der Waals surface area contributed by atoms with Crippen molar-refractivity contribution in [3.63, 3.8) is 0 Å². The van der Waals surface area contributed by atoms with E-state index in [0.29, 0.717) is 11.3 Å². The average molecular weight is 297 g/mol. The Morgan fingerprint density at radius 1 is 1.15 bits per heavy atom. The lowest BCUT2D eigenvalue weighted by molar-refractivity contribution is -0.134. The van der Waals surface area contributed by atoms with E-state index in [1.54, 1.807) is 19.9 Å². The van der Waals surface area contributed by atoms with Gasteiger partial charge in [-0.15, -0.1) is 0 Å². The minimum absolute atomic E-state index is 0.0255. The monoisotopic (exact) mass is 297 g/mol. The molecular weight excluding hydrogens is 282 g/mol. The SMILES string of the molecule is Cc1cc(N)cc(S(=O)(=O)N2CC(=O)NC(=O)C2)c1C. The number of nitrogens with two attached hydrogens (primary N) is 1. The molecular formula is C12H15N3O4S. The topological polar surface area (TPSA) is 110 Å². The van der Waals surface area contributed by atoms with E-state index in [1.165, 1.54) is 6.07 Å². The molecule has 1 aromatic carbocycles. The molecule has 108 valence electrons. The Kier molecular flexibility index (Phi) is 3.53. The second kappa shape index (κ2) is 4.88. The number of carbonyl (C=O) groups is 2. The lowest BCUT2D eigenvalue weighted by Gasteiger charge is -2.25. The zero-order chi connectivity index (χ0) is 15.1. The fourth-order valence-electron chi connectivity index (χ4n) is 2.04. The third kappa shape index (κ3) is 2.52. The number of piperazine rings is 1. The molecule has 0 spiro atoms. The Morgan fingerprint density at radius 3 is 2.25 bits per heavy atom. The Balaban J connectivity index is 2.50. The van der Waals surface area contributed by atoms with Crippen molar-refractivity contribution in [2.45, 2.75) is 18.7 Å². The first-order chi connectivity index (χ1) is 9.21. The number of nitrogens with zero attached hydrogens (tertiary/aromatic N) is 1. The first-order valence-electron chi connectivity index (χ1n) is 5.91. The molecule has 1 aliphatic rings. The molecule has 3 N–H and O–H groups in total. The molecule has 0 saturated carbocycles. The van der Waals surface area contributed by atoms with Crippen molar-refractivity contribution in [2.24, 2.45) is 0 Å². The van der Waals surface area contributed by atoms with Crippen LogP contribution in [0.4, 0.5) is 5.69 Å². The molecule has 0 bridgehead atoms. The second-order valence-corrected chi connectivity index (χ2v) is 6.61. The summed E-state index contributed by atoms with van der Waals surface area (Å²) in [5.41, 5.74) is 7.29. The number of amides is 2. The highest BCUT2D eigenvalue weighted by molar-refractivity contribution is 7.89. The van der Waals surface area contributed by atoms with Gasteiger partial charge in [-0.3, -0.25) is 14.9 Å². The summed E-state index contributed by atoms with van der Waals surface area (Å²) < 4.78 is 25.9. The van der Waals surface area contributed by atoms with Crippen LogP contribution in [0, 0.1) is 13.8 Å². The number of carbonyl (C=O) groups excluding carboxylic acids is 2. The van der Waals surface area contributed by atoms with Crippen LogP contribution in [0.2, 0.25) is 0 Å². The standard InChI is InChI=1S/C12H15N3O4S/c1-7-3-9(13)4-10(8(7)2)20(18,19)15-5-11(16)14-12(17)6-15/h3-4H,5-6,13H2,1-2H3,(H,14,16,17). The predicted molar refractivity (Wildman–Crippen MR) is 72.2 cm³/mol. The smallest absolute Gasteiger partial charge is 0.244 e. The number of hydrogen-bond donors (Lipinski definition) is 2. The van der Waals surface area contributed by atoms with Crippen LogP contribution < -0.4 is 11.1 Å². The molecule has 1 saturated heterocycles. The van der Waals surface area contributed by atoms with Crippen LogP contribution in [-0.4, -0.2) is 37.6 Å². The molecule has 7 nitrogen and oxygen atoms in total. The van der Waals surface area contributed by atoms with E-state index in [1.807, 2.05) is 0 Å². The maximum Gasteiger partial charge on any atom is 0.244 e. The summed E-state index contributed by atoms with van der Waals surface area (Å²) in [6.45, 7) is 2.66. The largest absolute Gasteiger partial charge is 0.399 e. The molecule has 1 fully saturated rings. The molecule has 0 aromatic heterocycles. The number of aryl methyl sites for hydroxylation is 1. The number of anilines is 1. The predicted octanol–water partition coefficient (Wildman–Crippen LogP) is -0.467. The molecule has 2 amide bonds. The molecule has 20 heavy (non-hydrogen) atoms. The highest BCUT2D eigenvalue weighted by atomic mass is 32.2. The normalized spacial score (nSPS) is 17.1. The van der Waals surface area contributed by atoms with Gasteiger partial charge in [-0.05, 0) is 37.1 Å². The quantitative estimate of drug-likeness (QED) is 0.566. The van der Waals surface area contributed by atoms with E-state index in [4.69, 9.17) is 5.73 Å². The first kappa shape index (κ1) is 14.5. The maximum absolute atomic E-state index is 12.5. The minimum Gasteiger partial charge on any atom is -0.399 e. The second-order valence-electron chi connectivity index (χ2n) is 4.71. The van der Waals surface area contributed by atoms with Crippen molar-refractivity contribution >= 4 is 27.5 Å². The molecule has 0 aliphatic carbocycles. The fourth-order valence-corrected chi connectivity index (χ4v) is 3.73. The molecule has 0 atom stereocenters. The number of nitrogens with one attached hydrogen (secondary N) is 1. The molecule has 8 heteroatoms. The van der Waals surface area contributed by atoms with Crippen LogP contribution >= 0.6 is 0 Å². The highest BCUT2D eigenvalue weighted by Gasteiger charge is 2.34. The Hall–Kier alpha value is -1.93. The van der Waals surface area contributed by atoms with Crippen molar-refractivity contribution in [3.8, 4) is 0 Å². The lowest BCUT2D eigenvalue weighted by Crippen LogP contribution is -2.53. The Bertz CT molecular complexity index is 681. The van der Waals surface area contributed by atoms with Gasteiger partial charge in [0.15, 0.2) is 0 Å². The van der Waals surface area contributed by atoms with Crippen LogP contribution in [0.5, 0.6) is 0 Å². The van der Waals surface area contributed by atoms with Gasteiger partial charge >= 0.3 is 0 Å². The van der Waals surface area contributed by atoms with Crippen molar-refractivity contribution in [1.82, 2.24) is 9.62 Å². The average Bonchev–Trinajstić information content (AvgIpc) is 2.32. The van der Waals surface area contributed by atoms with Gasteiger partial charge in [0.2, 0.25) is 21.8 Å². The van der Waals surface area contributed by atoms with Crippen molar-refractivity contribution < 1.29 is 18.0 Å². The zero-order valence-corrected chi connectivity index (χ0v) is 12.0. The highest BCUT2D eigenvalue weighted by Crippen LogP contribution is 2.25. The molecule has 2 rings (SSSR count). The van der Waals surface area contributed by atoms with Gasteiger partial charge in [-0.1, -0.05) is 0 Å². The van der Waals surface area contributed by atoms with Crippen molar-refractivity contribution in [2.75, 3.05) is 18.8 Å². The lowest BCUT2D eigenvalue weighted by atomic mass is 10.1. The molecule has 0 unspecified atom stereocenters. The summed E-state index contributed by atoms with van der Waals surface area (Å²) in [5.74, 6) is -1.27. The Morgan fingerprint density at radius 2 is 1.70 bits per heavy atom. The number of imide groups is 1. The summed E-state index contributed by atoms with van der Waals surface area (Å²) in [5, 5.41) is 2.06. The number of sulfonamides is 1. The van der Waals surface area contributed by atoms with Gasteiger partial charge in [0.25, 0.3) is 0 Å². The summed E-state index contributed by atoms with van der Waals surface area (Å²) >= 11 is 0. The van der Waals surface area contributed by atoms with Gasteiger partial charge in [-0.25, -0.2) is 8.42 Å². The van der Waals surface area contributed by atoms with Crippen LogP contribution in [0.25, 0.3) is 0 Å². The Labute approximate surface area is 116 Å². The van der Waals surface area contributed by atoms with Gasteiger partial charge in [0.05, 0.1) is 18.0 Å².